The fourth-order valence-electron chi connectivity index (χ4n) is 3.97. The van der Waals surface area contributed by atoms with Gasteiger partial charge < -0.3 is 25.8 Å². The van der Waals surface area contributed by atoms with Gasteiger partial charge in [0.2, 0.25) is 0 Å². The molecule has 1 aromatic heterocycles. The number of amidine groups is 1. The number of pyridine rings is 1. The fourth-order valence-corrected chi connectivity index (χ4v) is 3.97. The van der Waals surface area contributed by atoms with Crippen LogP contribution in [0.25, 0.3) is 22.4 Å². The molecule has 0 saturated carbocycles. The Labute approximate surface area is 222 Å². The van der Waals surface area contributed by atoms with E-state index in [0.717, 1.165) is 49.5 Å². The van der Waals surface area contributed by atoms with E-state index >= 15 is 0 Å². The molecule has 0 aliphatic carbocycles. The quantitative estimate of drug-likeness (QED) is 0.193. The predicted octanol–water partition coefficient (Wildman–Crippen LogP) is 4.84. The molecular weight excluding hydrogens is 478 g/mol. The zero-order valence-corrected chi connectivity index (χ0v) is 21.3. The van der Waals surface area contributed by atoms with E-state index in [9.17, 15) is 4.79 Å². The van der Waals surface area contributed by atoms with Crippen molar-refractivity contribution in [3.63, 3.8) is 0 Å². The number of ether oxygens (including phenoxy) is 2. The van der Waals surface area contributed by atoms with Crippen molar-refractivity contribution in [3.8, 4) is 33.9 Å². The maximum atomic E-state index is 10.9. The lowest BCUT2D eigenvalue weighted by Crippen LogP contribution is -2.32. The standard InChI is InChI=1S/C25H20N4O2.C5H11NO/c26-23-22(25(27)28)21(14-29-24(23)18-8-6-16(15-30)7-9-18)17-10-12-20(13-11-17)31-19-4-2-1-3-5-19;1-6-2-4-7-5-3-6/h1-15H,26H2,(H3,27,28);2-5H2,1H3. The molecule has 4 aromatic rings. The first-order valence-corrected chi connectivity index (χ1v) is 12.2. The molecule has 3 aromatic carbocycles. The summed E-state index contributed by atoms with van der Waals surface area (Å²) in [7, 11) is 2.11. The van der Waals surface area contributed by atoms with Crippen molar-refractivity contribution in [2.45, 2.75) is 0 Å². The summed E-state index contributed by atoms with van der Waals surface area (Å²) in [6.07, 6.45) is 2.43. The van der Waals surface area contributed by atoms with E-state index in [4.69, 9.17) is 26.4 Å². The van der Waals surface area contributed by atoms with Crippen LogP contribution in [-0.4, -0.2) is 55.4 Å². The Bertz CT molecular complexity index is 1370. The molecule has 8 heteroatoms. The van der Waals surface area contributed by atoms with Crippen molar-refractivity contribution in [1.29, 1.82) is 5.41 Å². The van der Waals surface area contributed by atoms with Crippen LogP contribution in [0, 0.1) is 5.41 Å². The first-order chi connectivity index (χ1) is 18.5. The van der Waals surface area contributed by atoms with Gasteiger partial charge >= 0.3 is 0 Å². The molecule has 8 nitrogen and oxygen atoms in total. The van der Waals surface area contributed by atoms with Gasteiger partial charge in [0.25, 0.3) is 0 Å². The number of aromatic nitrogens is 1. The van der Waals surface area contributed by atoms with E-state index in [1.54, 1.807) is 30.5 Å². The average Bonchev–Trinajstić information content (AvgIpc) is 2.94. The molecule has 5 rings (SSSR count). The van der Waals surface area contributed by atoms with E-state index < -0.39 is 0 Å². The fraction of sp³-hybridized carbons (Fsp3) is 0.167. The van der Waals surface area contributed by atoms with Crippen molar-refractivity contribution in [2.24, 2.45) is 5.73 Å². The van der Waals surface area contributed by atoms with Crippen LogP contribution in [0.2, 0.25) is 0 Å². The third-order valence-corrected chi connectivity index (χ3v) is 6.09. The van der Waals surface area contributed by atoms with Crippen LogP contribution in [0.1, 0.15) is 15.9 Å². The van der Waals surface area contributed by atoms with Crippen molar-refractivity contribution >= 4 is 17.8 Å². The van der Waals surface area contributed by atoms with Crippen molar-refractivity contribution in [1.82, 2.24) is 9.88 Å². The highest BCUT2D eigenvalue weighted by Crippen LogP contribution is 2.34. The van der Waals surface area contributed by atoms with Gasteiger partial charge in [0.05, 0.1) is 30.2 Å². The Balaban J connectivity index is 0.000000417. The predicted molar refractivity (Wildman–Crippen MR) is 151 cm³/mol. The molecule has 0 radical (unpaired) electrons. The molecule has 0 amide bonds. The van der Waals surface area contributed by atoms with Crippen LogP contribution < -0.4 is 16.2 Å². The van der Waals surface area contributed by atoms with Crippen LogP contribution in [0.15, 0.2) is 85.1 Å². The molecule has 0 unspecified atom stereocenters. The summed E-state index contributed by atoms with van der Waals surface area (Å²) >= 11 is 0. The number of anilines is 1. The summed E-state index contributed by atoms with van der Waals surface area (Å²) in [6.45, 7) is 4.02. The molecule has 0 bridgehead atoms. The first-order valence-electron chi connectivity index (χ1n) is 12.2. The van der Waals surface area contributed by atoms with Crippen LogP contribution in [0.3, 0.4) is 0 Å². The Kier molecular flexibility index (Phi) is 8.81. The number of benzene rings is 3. The molecule has 1 aliphatic heterocycles. The lowest BCUT2D eigenvalue weighted by Gasteiger charge is -2.21. The Morgan fingerprint density at radius 2 is 1.55 bits per heavy atom. The Hall–Kier alpha value is -4.53. The lowest BCUT2D eigenvalue weighted by atomic mass is 9.96. The number of nitrogens with one attached hydrogen (secondary N) is 1. The van der Waals surface area contributed by atoms with Gasteiger partial charge in [0, 0.05) is 36.0 Å². The van der Waals surface area contributed by atoms with Gasteiger partial charge in [-0.3, -0.25) is 15.2 Å². The van der Waals surface area contributed by atoms with E-state index in [1.165, 1.54) is 0 Å². The second-order valence-corrected chi connectivity index (χ2v) is 8.82. The lowest BCUT2D eigenvalue weighted by molar-refractivity contribution is 0.0503. The van der Waals surface area contributed by atoms with Gasteiger partial charge in [0.15, 0.2) is 0 Å². The number of carbonyl (C=O) groups excluding carboxylic acids is 1. The zero-order valence-electron chi connectivity index (χ0n) is 21.3. The third kappa shape index (κ3) is 6.61. The summed E-state index contributed by atoms with van der Waals surface area (Å²) in [5, 5.41) is 8.08. The van der Waals surface area contributed by atoms with Gasteiger partial charge in [-0.25, -0.2) is 0 Å². The number of aldehydes is 1. The minimum absolute atomic E-state index is 0.148. The van der Waals surface area contributed by atoms with E-state index in [1.807, 2.05) is 54.6 Å². The number of rotatable bonds is 6. The number of carbonyl (C=O) groups is 1. The summed E-state index contributed by atoms with van der Waals surface area (Å²) in [4.78, 5) is 17.7. The average molecular weight is 510 g/mol. The highest BCUT2D eigenvalue weighted by Gasteiger charge is 2.17. The molecule has 38 heavy (non-hydrogen) atoms. The highest BCUT2D eigenvalue weighted by molar-refractivity contribution is 6.08. The Morgan fingerprint density at radius 3 is 2.11 bits per heavy atom. The van der Waals surface area contributed by atoms with E-state index in [2.05, 4.69) is 16.9 Å². The summed E-state index contributed by atoms with van der Waals surface area (Å²) < 4.78 is 10.9. The Morgan fingerprint density at radius 1 is 0.947 bits per heavy atom. The molecule has 1 aliphatic rings. The number of hydrogen-bond acceptors (Lipinski definition) is 7. The number of hydrogen-bond donors (Lipinski definition) is 3. The van der Waals surface area contributed by atoms with Gasteiger partial charge in [0.1, 0.15) is 23.6 Å². The molecule has 0 spiro atoms. The summed E-state index contributed by atoms with van der Waals surface area (Å²) in [5.74, 6) is 1.29. The minimum Gasteiger partial charge on any atom is -0.457 e. The maximum absolute atomic E-state index is 10.9. The van der Waals surface area contributed by atoms with E-state index in [-0.39, 0.29) is 5.84 Å². The van der Waals surface area contributed by atoms with Gasteiger partial charge in [-0.1, -0.05) is 54.6 Å². The molecule has 2 heterocycles. The van der Waals surface area contributed by atoms with Crippen LogP contribution in [0.4, 0.5) is 5.69 Å². The summed E-state index contributed by atoms with van der Waals surface area (Å²) in [5.41, 5.74) is 16.3. The molecule has 1 saturated heterocycles. The van der Waals surface area contributed by atoms with Crippen molar-refractivity contribution in [2.75, 3.05) is 39.1 Å². The van der Waals surface area contributed by atoms with Crippen LogP contribution in [0.5, 0.6) is 11.5 Å². The van der Waals surface area contributed by atoms with Crippen LogP contribution >= 0.6 is 0 Å². The second-order valence-electron chi connectivity index (χ2n) is 8.82. The molecule has 194 valence electrons. The number of nitrogens with two attached hydrogens (primary N) is 2. The second kappa shape index (κ2) is 12.6. The number of nitrogen functional groups attached to an aromatic ring is 2. The maximum Gasteiger partial charge on any atom is 0.150 e. The summed E-state index contributed by atoms with van der Waals surface area (Å²) in [6, 6.07) is 23.9. The van der Waals surface area contributed by atoms with Gasteiger partial charge in [-0.05, 0) is 36.9 Å². The molecular formula is C30H31N5O3. The smallest absolute Gasteiger partial charge is 0.150 e. The highest BCUT2D eigenvalue weighted by atomic mass is 16.5. The topological polar surface area (TPSA) is 128 Å². The normalized spacial score (nSPS) is 13.2. The third-order valence-electron chi connectivity index (χ3n) is 6.09. The van der Waals surface area contributed by atoms with Crippen LogP contribution in [-0.2, 0) is 4.74 Å². The molecule has 5 N–H and O–H groups in total. The van der Waals surface area contributed by atoms with Gasteiger partial charge in [-0.15, -0.1) is 0 Å². The van der Waals surface area contributed by atoms with Crippen molar-refractivity contribution in [3.05, 3.63) is 96.2 Å². The number of morpholine rings is 1. The largest absolute Gasteiger partial charge is 0.457 e. The van der Waals surface area contributed by atoms with E-state index in [0.29, 0.717) is 33.8 Å². The number of para-hydroxylation sites is 1. The van der Waals surface area contributed by atoms with Gasteiger partial charge in [-0.2, -0.15) is 0 Å². The monoisotopic (exact) mass is 509 g/mol. The molecule has 1 fully saturated rings. The SMILES string of the molecule is CN1CCOCC1.N=C(N)c1c(-c2ccc(Oc3ccccc3)cc2)cnc(-c2ccc(C=O)cc2)c1N. The zero-order chi connectivity index (χ0) is 26.9. The minimum atomic E-state index is -0.148. The number of likely N-dealkylation sites (N-methyl/N-ethyl adjacent to an activating group) is 1. The van der Waals surface area contributed by atoms with Crippen molar-refractivity contribution < 1.29 is 14.3 Å². The number of nitrogens with zero attached hydrogens (tertiary/aromatic N) is 2. The first kappa shape index (κ1) is 26.5. The molecule has 0 atom stereocenters.